The van der Waals surface area contributed by atoms with Gasteiger partial charge in [-0.05, 0) is 31.2 Å². The van der Waals surface area contributed by atoms with E-state index in [-0.39, 0.29) is 5.91 Å². The Morgan fingerprint density at radius 3 is 2.68 bits per heavy atom. The highest BCUT2D eigenvalue weighted by Crippen LogP contribution is 2.36. The molecular formula is C14H20N2O2S. The SMILES string of the molecule is Nc1sc2c(c1C(=O)N1CCOCC1)CCCCC2. The molecule has 1 aliphatic heterocycles. The normalized spacial score (nSPS) is 19.9. The molecule has 5 heteroatoms. The molecule has 2 heterocycles. The number of aryl methyl sites for hydroxylation is 1. The van der Waals surface area contributed by atoms with Gasteiger partial charge in [0.05, 0.1) is 23.8 Å². The first kappa shape index (κ1) is 12.9. The van der Waals surface area contributed by atoms with Gasteiger partial charge in [-0.25, -0.2) is 0 Å². The van der Waals surface area contributed by atoms with Crippen molar-refractivity contribution in [3.63, 3.8) is 0 Å². The fourth-order valence-corrected chi connectivity index (χ4v) is 4.07. The molecule has 0 unspecified atom stereocenters. The van der Waals surface area contributed by atoms with E-state index in [1.54, 1.807) is 11.3 Å². The van der Waals surface area contributed by atoms with Gasteiger partial charge in [-0.1, -0.05) is 6.42 Å². The number of morpholine rings is 1. The smallest absolute Gasteiger partial charge is 0.257 e. The van der Waals surface area contributed by atoms with Crippen molar-refractivity contribution >= 4 is 22.2 Å². The molecule has 0 spiro atoms. The Labute approximate surface area is 117 Å². The zero-order valence-electron chi connectivity index (χ0n) is 11.1. The Hall–Kier alpha value is -1.07. The maximum absolute atomic E-state index is 12.7. The van der Waals surface area contributed by atoms with Crippen LogP contribution in [-0.4, -0.2) is 37.1 Å². The average Bonchev–Trinajstić information content (AvgIpc) is 2.61. The van der Waals surface area contributed by atoms with Crippen LogP contribution in [0.1, 0.15) is 40.1 Å². The molecule has 0 aromatic carbocycles. The van der Waals surface area contributed by atoms with Crippen molar-refractivity contribution in [1.82, 2.24) is 4.90 Å². The molecule has 0 saturated carbocycles. The van der Waals surface area contributed by atoms with Gasteiger partial charge >= 0.3 is 0 Å². The minimum absolute atomic E-state index is 0.111. The molecular weight excluding hydrogens is 260 g/mol. The largest absolute Gasteiger partial charge is 0.390 e. The predicted molar refractivity (Wildman–Crippen MR) is 76.7 cm³/mol. The van der Waals surface area contributed by atoms with Crippen molar-refractivity contribution in [2.45, 2.75) is 32.1 Å². The van der Waals surface area contributed by atoms with Crippen LogP contribution in [0.2, 0.25) is 0 Å². The molecule has 19 heavy (non-hydrogen) atoms. The summed E-state index contributed by atoms with van der Waals surface area (Å²) >= 11 is 1.62. The quantitative estimate of drug-likeness (QED) is 0.801. The summed E-state index contributed by atoms with van der Waals surface area (Å²) in [5.41, 5.74) is 8.15. The zero-order valence-corrected chi connectivity index (χ0v) is 11.9. The molecule has 2 aliphatic rings. The van der Waals surface area contributed by atoms with E-state index in [0.29, 0.717) is 31.3 Å². The molecule has 1 aromatic heterocycles. The first-order valence-corrected chi connectivity index (χ1v) is 7.86. The Balaban J connectivity index is 1.90. The summed E-state index contributed by atoms with van der Waals surface area (Å²) in [6, 6.07) is 0. The molecule has 3 rings (SSSR count). The monoisotopic (exact) mass is 280 g/mol. The fourth-order valence-electron chi connectivity index (χ4n) is 2.92. The summed E-state index contributed by atoms with van der Waals surface area (Å²) in [4.78, 5) is 15.9. The number of nitrogens with two attached hydrogens (primary N) is 1. The second kappa shape index (κ2) is 5.51. The molecule has 1 fully saturated rings. The highest BCUT2D eigenvalue weighted by atomic mass is 32.1. The van der Waals surface area contributed by atoms with Crippen molar-refractivity contribution in [1.29, 1.82) is 0 Å². The van der Waals surface area contributed by atoms with Crippen LogP contribution in [0.4, 0.5) is 5.00 Å². The lowest BCUT2D eigenvalue weighted by Crippen LogP contribution is -2.41. The Bertz CT molecular complexity index is 478. The number of rotatable bonds is 1. The number of thiophene rings is 1. The van der Waals surface area contributed by atoms with Crippen LogP contribution < -0.4 is 5.73 Å². The minimum Gasteiger partial charge on any atom is -0.390 e. The number of nitrogen functional groups attached to an aromatic ring is 1. The van der Waals surface area contributed by atoms with Gasteiger partial charge in [-0.15, -0.1) is 11.3 Å². The first-order chi connectivity index (χ1) is 9.27. The molecule has 0 radical (unpaired) electrons. The molecule has 4 nitrogen and oxygen atoms in total. The lowest BCUT2D eigenvalue weighted by Gasteiger charge is -2.27. The standard InChI is InChI=1S/C14H20N2O2S/c15-13-12(14(17)16-6-8-18-9-7-16)10-4-2-1-3-5-11(10)19-13/h1-9,15H2. The van der Waals surface area contributed by atoms with Crippen LogP contribution in [0.15, 0.2) is 0 Å². The summed E-state index contributed by atoms with van der Waals surface area (Å²) in [6.07, 6.45) is 5.74. The molecule has 1 amide bonds. The first-order valence-electron chi connectivity index (χ1n) is 7.04. The summed E-state index contributed by atoms with van der Waals surface area (Å²) in [6.45, 7) is 2.64. The van der Waals surface area contributed by atoms with Crippen LogP contribution in [0.5, 0.6) is 0 Å². The van der Waals surface area contributed by atoms with Gasteiger partial charge in [-0.3, -0.25) is 4.79 Å². The number of hydrogen-bond acceptors (Lipinski definition) is 4. The topological polar surface area (TPSA) is 55.6 Å². The molecule has 1 aliphatic carbocycles. The van der Waals surface area contributed by atoms with Crippen molar-refractivity contribution in [2.24, 2.45) is 0 Å². The predicted octanol–water partition coefficient (Wildman–Crippen LogP) is 2.07. The number of ether oxygens (including phenoxy) is 1. The van der Waals surface area contributed by atoms with E-state index in [0.717, 1.165) is 18.4 Å². The van der Waals surface area contributed by atoms with Gasteiger partial charge in [0.2, 0.25) is 0 Å². The lowest BCUT2D eigenvalue weighted by molar-refractivity contribution is 0.0303. The molecule has 0 atom stereocenters. The summed E-state index contributed by atoms with van der Waals surface area (Å²) < 4.78 is 5.31. The molecule has 104 valence electrons. The van der Waals surface area contributed by atoms with E-state index in [9.17, 15) is 4.79 Å². The van der Waals surface area contributed by atoms with Gasteiger partial charge in [0.1, 0.15) is 0 Å². The van der Waals surface area contributed by atoms with Crippen LogP contribution in [0.25, 0.3) is 0 Å². The zero-order chi connectivity index (χ0) is 13.2. The number of nitrogens with zero attached hydrogens (tertiary/aromatic N) is 1. The molecule has 2 N–H and O–H groups in total. The van der Waals surface area contributed by atoms with Crippen molar-refractivity contribution < 1.29 is 9.53 Å². The summed E-state index contributed by atoms with van der Waals surface area (Å²) in [7, 11) is 0. The van der Waals surface area contributed by atoms with E-state index in [1.807, 2.05) is 4.90 Å². The Morgan fingerprint density at radius 2 is 1.89 bits per heavy atom. The van der Waals surface area contributed by atoms with Gasteiger partial charge in [-0.2, -0.15) is 0 Å². The number of amides is 1. The van der Waals surface area contributed by atoms with Crippen LogP contribution in [0, 0.1) is 0 Å². The third kappa shape index (κ3) is 2.49. The highest BCUT2D eigenvalue weighted by Gasteiger charge is 2.27. The molecule has 0 bridgehead atoms. The number of fused-ring (bicyclic) bond motifs is 1. The summed E-state index contributed by atoms with van der Waals surface area (Å²) in [5.74, 6) is 0.111. The molecule has 1 saturated heterocycles. The second-order valence-electron chi connectivity index (χ2n) is 5.21. The van der Waals surface area contributed by atoms with Crippen molar-refractivity contribution in [3.05, 3.63) is 16.0 Å². The maximum Gasteiger partial charge on any atom is 0.257 e. The van der Waals surface area contributed by atoms with Crippen LogP contribution >= 0.6 is 11.3 Å². The lowest BCUT2D eigenvalue weighted by atomic mass is 10.0. The summed E-state index contributed by atoms with van der Waals surface area (Å²) in [5, 5.41) is 0.711. The van der Waals surface area contributed by atoms with E-state index in [1.165, 1.54) is 29.7 Å². The Kier molecular flexibility index (Phi) is 3.75. The van der Waals surface area contributed by atoms with Gasteiger partial charge in [0.25, 0.3) is 5.91 Å². The van der Waals surface area contributed by atoms with Crippen LogP contribution in [-0.2, 0) is 17.6 Å². The number of carbonyl (C=O) groups is 1. The highest BCUT2D eigenvalue weighted by molar-refractivity contribution is 7.16. The second-order valence-corrected chi connectivity index (χ2v) is 6.35. The van der Waals surface area contributed by atoms with Crippen LogP contribution in [0.3, 0.4) is 0 Å². The van der Waals surface area contributed by atoms with Gasteiger partial charge in [0, 0.05) is 18.0 Å². The van der Waals surface area contributed by atoms with E-state index in [4.69, 9.17) is 10.5 Å². The average molecular weight is 280 g/mol. The Morgan fingerprint density at radius 1 is 1.16 bits per heavy atom. The number of hydrogen-bond donors (Lipinski definition) is 1. The fraction of sp³-hybridized carbons (Fsp3) is 0.643. The number of anilines is 1. The number of carbonyl (C=O) groups excluding carboxylic acids is 1. The minimum atomic E-state index is 0.111. The third-order valence-electron chi connectivity index (χ3n) is 3.96. The van der Waals surface area contributed by atoms with Crippen molar-refractivity contribution in [2.75, 3.05) is 32.0 Å². The maximum atomic E-state index is 12.7. The molecule has 1 aromatic rings. The van der Waals surface area contributed by atoms with E-state index >= 15 is 0 Å². The third-order valence-corrected chi connectivity index (χ3v) is 5.08. The van der Waals surface area contributed by atoms with Gasteiger partial charge < -0.3 is 15.4 Å². The van der Waals surface area contributed by atoms with Crippen molar-refractivity contribution in [3.8, 4) is 0 Å². The van der Waals surface area contributed by atoms with E-state index in [2.05, 4.69) is 0 Å². The van der Waals surface area contributed by atoms with E-state index < -0.39 is 0 Å². The van der Waals surface area contributed by atoms with Gasteiger partial charge in [0.15, 0.2) is 0 Å².